The van der Waals surface area contributed by atoms with E-state index in [9.17, 15) is 4.39 Å². The maximum atomic E-state index is 13.5. The number of aryl methyl sites for hydroxylation is 1. The summed E-state index contributed by atoms with van der Waals surface area (Å²) in [6.07, 6.45) is 1.24. The number of aromatic nitrogens is 2. The number of H-pyrrole nitrogens is 1. The number of aromatic amines is 1. The molecule has 1 saturated carbocycles. The minimum atomic E-state index is -0.183. The Morgan fingerprint density at radius 3 is 2.78 bits per heavy atom. The van der Waals surface area contributed by atoms with Crippen LogP contribution >= 0.6 is 12.2 Å². The Labute approximate surface area is 111 Å². The topological polar surface area (TPSA) is 20.7 Å². The van der Waals surface area contributed by atoms with Gasteiger partial charge in [0.05, 0.1) is 11.0 Å². The monoisotopic (exact) mass is 264 g/mol. The average Bonchev–Trinajstić information content (AvgIpc) is 2.76. The van der Waals surface area contributed by atoms with Crippen LogP contribution in [0.4, 0.5) is 4.39 Å². The number of fused-ring (bicyclic) bond motifs is 1. The van der Waals surface area contributed by atoms with Crippen LogP contribution in [0.3, 0.4) is 0 Å². The summed E-state index contributed by atoms with van der Waals surface area (Å²) in [5.41, 5.74) is 2.90. The highest BCUT2D eigenvalue weighted by molar-refractivity contribution is 7.71. The van der Waals surface area contributed by atoms with E-state index in [1.807, 2.05) is 6.07 Å². The first-order chi connectivity index (χ1) is 8.38. The van der Waals surface area contributed by atoms with Gasteiger partial charge in [0.15, 0.2) is 4.77 Å². The van der Waals surface area contributed by atoms with Crippen molar-refractivity contribution in [3.8, 4) is 0 Å². The Balaban J connectivity index is 2.08. The van der Waals surface area contributed by atoms with Crippen LogP contribution in [-0.4, -0.2) is 9.55 Å². The second-order valence-corrected chi connectivity index (χ2v) is 6.44. The summed E-state index contributed by atoms with van der Waals surface area (Å²) in [5, 5.41) is 0. The van der Waals surface area contributed by atoms with Crippen molar-refractivity contribution < 1.29 is 4.39 Å². The molecule has 0 aliphatic heterocycles. The molecule has 1 N–H and O–H groups in total. The van der Waals surface area contributed by atoms with Gasteiger partial charge in [-0.05, 0) is 54.6 Å². The van der Waals surface area contributed by atoms with E-state index in [0.717, 1.165) is 17.6 Å². The molecule has 3 rings (SSSR count). The lowest BCUT2D eigenvalue weighted by atomic mass is 10.1. The van der Waals surface area contributed by atoms with Crippen LogP contribution in [-0.2, 0) is 6.54 Å². The fourth-order valence-electron chi connectivity index (χ4n) is 2.57. The second kappa shape index (κ2) is 3.67. The van der Waals surface area contributed by atoms with Crippen LogP contribution < -0.4 is 0 Å². The van der Waals surface area contributed by atoms with Crippen molar-refractivity contribution in [3.05, 3.63) is 28.3 Å². The fraction of sp³-hybridized carbons (Fsp3) is 0.500. The molecule has 0 amide bonds. The van der Waals surface area contributed by atoms with E-state index in [0.29, 0.717) is 21.7 Å². The highest BCUT2D eigenvalue weighted by atomic mass is 32.1. The third-order valence-corrected chi connectivity index (χ3v) is 4.50. The van der Waals surface area contributed by atoms with E-state index >= 15 is 0 Å². The van der Waals surface area contributed by atoms with Crippen molar-refractivity contribution in [3.63, 3.8) is 0 Å². The minimum Gasteiger partial charge on any atom is -0.330 e. The molecule has 0 radical (unpaired) electrons. The maximum absolute atomic E-state index is 13.5. The van der Waals surface area contributed by atoms with Crippen LogP contribution in [0.15, 0.2) is 12.1 Å². The van der Waals surface area contributed by atoms with Crippen molar-refractivity contribution in [1.82, 2.24) is 9.55 Å². The second-order valence-electron chi connectivity index (χ2n) is 6.05. The first-order valence-corrected chi connectivity index (χ1v) is 6.68. The van der Waals surface area contributed by atoms with Crippen molar-refractivity contribution >= 4 is 23.3 Å². The molecule has 0 bridgehead atoms. The van der Waals surface area contributed by atoms with Gasteiger partial charge in [-0.1, -0.05) is 13.8 Å². The van der Waals surface area contributed by atoms with Crippen molar-refractivity contribution in [2.24, 2.45) is 11.3 Å². The lowest BCUT2D eigenvalue weighted by molar-refractivity contribution is 0.502. The molecular formula is C14H17FN2S. The minimum absolute atomic E-state index is 0.183. The van der Waals surface area contributed by atoms with Crippen LogP contribution in [0.5, 0.6) is 0 Å². The van der Waals surface area contributed by atoms with Gasteiger partial charge in [-0.3, -0.25) is 0 Å². The Morgan fingerprint density at radius 2 is 2.17 bits per heavy atom. The molecule has 2 aromatic rings. The molecule has 1 aliphatic carbocycles. The third-order valence-electron chi connectivity index (χ3n) is 4.18. The first-order valence-electron chi connectivity index (χ1n) is 6.27. The largest absolute Gasteiger partial charge is 0.330 e. The maximum Gasteiger partial charge on any atom is 0.178 e. The average molecular weight is 264 g/mol. The summed E-state index contributed by atoms with van der Waals surface area (Å²) in [6.45, 7) is 7.27. The van der Waals surface area contributed by atoms with Gasteiger partial charge in [-0.2, -0.15) is 0 Å². The Bertz CT molecular complexity index is 681. The van der Waals surface area contributed by atoms with Crippen LogP contribution in [0.25, 0.3) is 11.0 Å². The molecule has 4 heteroatoms. The fourth-order valence-corrected chi connectivity index (χ4v) is 2.85. The lowest BCUT2D eigenvalue weighted by Gasteiger charge is -2.07. The highest BCUT2D eigenvalue weighted by Gasteiger charge is 2.45. The van der Waals surface area contributed by atoms with E-state index in [1.54, 1.807) is 6.92 Å². The van der Waals surface area contributed by atoms with Gasteiger partial charge in [0.1, 0.15) is 5.82 Å². The van der Waals surface area contributed by atoms with Gasteiger partial charge in [0, 0.05) is 6.54 Å². The number of nitrogens with one attached hydrogen (secondary N) is 1. The molecule has 1 aromatic carbocycles. The number of nitrogens with zero attached hydrogens (tertiary/aromatic N) is 1. The highest BCUT2D eigenvalue weighted by Crippen LogP contribution is 2.52. The smallest absolute Gasteiger partial charge is 0.178 e. The van der Waals surface area contributed by atoms with Gasteiger partial charge in [0.2, 0.25) is 0 Å². The lowest BCUT2D eigenvalue weighted by Crippen LogP contribution is -2.04. The van der Waals surface area contributed by atoms with Crippen LogP contribution in [0.2, 0.25) is 0 Å². The third kappa shape index (κ3) is 1.79. The molecule has 1 aromatic heterocycles. The number of benzene rings is 1. The number of hydrogen-bond donors (Lipinski definition) is 1. The molecule has 1 aliphatic rings. The summed E-state index contributed by atoms with van der Waals surface area (Å²) in [5.74, 6) is 0.492. The molecule has 0 spiro atoms. The summed E-state index contributed by atoms with van der Waals surface area (Å²) in [7, 11) is 0. The molecule has 0 saturated heterocycles. The predicted molar refractivity (Wildman–Crippen MR) is 73.7 cm³/mol. The van der Waals surface area contributed by atoms with Crippen LogP contribution in [0, 0.1) is 28.8 Å². The molecular weight excluding hydrogens is 247 g/mol. The Morgan fingerprint density at radius 1 is 1.50 bits per heavy atom. The summed E-state index contributed by atoms with van der Waals surface area (Å²) in [6, 6.07) is 3.42. The molecule has 18 heavy (non-hydrogen) atoms. The van der Waals surface area contributed by atoms with E-state index in [-0.39, 0.29) is 5.82 Å². The molecule has 1 unspecified atom stereocenters. The number of hydrogen-bond acceptors (Lipinski definition) is 1. The van der Waals surface area contributed by atoms with Crippen molar-refractivity contribution in [2.75, 3.05) is 0 Å². The first kappa shape index (κ1) is 11.9. The van der Waals surface area contributed by atoms with Gasteiger partial charge in [0.25, 0.3) is 0 Å². The van der Waals surface area contributed by atoms with E-state index in [1.165, 1.54) is 12.5 Å². The molecule has 1 atom stereocenters. The van der Waals surface area contributed by atoms with E-state index in [4.69, 9.17) is 12.2 Å². The zero-order valence-corrected chi connectivity index (χ0v) is 11.7. The summed E-state index contributed by atoms with van der Waals surface area (Å²) < 4.78 is 16.3. The van der Waals surface area contributed by atoms with E-state index < -0.39 is 0 Å². The SMILES string of the molecule is Cc1cc2c(cc1F)[nH]c(=S)n2CC1CC1(C)C. The summed E-state index contributed by atoms with van der Waals surface area (Å²) in [4.78, 5) is 3.09. The quantitative estimate of drug-likeness (QED) is 0.806. The standard InChI is InChI=1S/C14H17FN2S/c1-8-4-12-11(5-10(8)15)16-13(18)17(12)7-9-6-14(9,2)3/h4-5,9H,6-7H2,1-3H3,(H,16,18). The molecule has 96 valence electrons. The number of rotatable bonds is 2. The van der Waals surface area contributed by atoms with Gasteiger partial charge >= 0.3 is 0 Å². The van der Waals surface area contributed by atoms with Crippen molar-refractivity contribution in [1.29, 1.82) is 0 Å². The molecule has 1 heterocycles. The zero-order chi connectivity index (χ0) is 13.1. The predicted octanol–water partition coefficient (Wildman–Crippen LogP) is 4.19. The van der Waals surface area contributed by atoms with Gasteiger partial charge in [-0.25, -0.2) is 4.39 Å². The Hall–Kier alpha value is -1.16. The van der Waals surface area contributed by atoms with Gasteiger partial charge < -0.3 is 9.55 Å². The van der Waals surface area contributed by atoms with Crippen LogP contribution in [0.1, 0.15) is 25.8 Å². The number of imidazole rings is 1. The molecule has 1 fully saturated rings. The van der Waals surface area contributed by atoms with E-state index in [2.05, 4.69) is 23.4 Å². The van der Waals surface area contributed by atoms with Crippen molar-refractivity contribution in [2.45, 2.75) is 33.7 Å². The van der Waals surface area contributed by atoms with Gasteiger partial charge in [-0.15, -0.1) is 0 Å². The zero-order valence-electron chi connectivity index (χ0n) is 10.9. The summed E-state index contributed by atoms with van der Waals surface area (Å²) >= 11 is 5.35. The molecule has 2 nitrogen and oxygen atoms in total. The normalized spacial score (nSPS) is 21.4. The number of halogens is 1. The Kier molecular flexibility index (Phi) is 2.43.